The van der Waals surface area contributed by atoms with Crippen molar-refractivity contribution < 1.29 is 4.74 Å². The molecule has 30 heavy (non-hydrogen) atoms. The summed E-state index contributed by atoms with van der Waals surface area (Å²) >= 11 is 12.0. The second-order valence-electron chi connectivity index (χ2n) is 6.99. The SMILES string of the molecule is N=C(CC=Nc1ccc(Cl)cc1Cl)OCC1CCCCN1c1ncnc2nc[nH]c12. The van der Waals surface area contributed by atoms with Crippen LogP contribution >= 0.6 is 23.2 Å². The van der Waals surface area contributed by atoms with Crippen LogP contribution in [0.15, 0.2) is 35.8 Å². The van der Waals surface area contributed by atoms with Gasteiger partial charge in [0.1, 0.15) is 18.5 Å². The number of piperidine rings is 1. The van der Waals surface area contributed by atoms with E-state index in [4.69, 9.17) is 33.3 Å². The number of rotatable bonds is 6. The fourth-order valence-electron chi connectivity index (χ4n) is 3.49. The van der Waals surface area contributed by atoms with Crippen LogP contribution in [0, 0.1) is 5.41 Å². The van der Waals surface area contributed by atoms with E-state index in [1.807, 2.05) is 0 Å². The topological polar surface area (TPSA) is 103 Å². The summed E-state index contributed by atoms with van der Waals surface area (Å²) in [6.45, 7) is 1.29. The molecule has 1 unspecified atom stereocenters. The van der Waals surface area contributed by atoms with Crippen molar-refractivity contribution in [1.82, 2.24) is 19.9 Å². The number of benzene rings is 1. The van der Waals surface area contributed by atoms with E-state index in [0.29, 0.717) is 28.0 Å². The summed E-state index contributed by atoms with van der Waals surface area (Å²) in [4.78, 5) is 22.5. The van der Waals surface area contributed by atoms with Crippen LogP contribution in [0.3, 0.4) is 0 Å². The summed E-state index contributed by atoms with van der Waals surface area (Å²) in [7, 11) is 0. The molecule has 0 saturated carbocycles. The lowest BCUT2D eigenvalue weighted by Gasteiger charge is -2.36. The lowest BCUT2D eigenvalue weighted by molar-refractivity contribution is 0.244. The highest BCUT2D eigenvalue weighted by Crippen LogP contribution is 2.28. The van der Waals surface area contributed by atoms with Crippen LogP contribution in [0.1, 0.15) is 25.7 Å². The van der Waals surface area contributed by atoms with E-state index in [9.17, 15) is 0 Å². The van der Waals surface area contributed by atoms with Crippen molar-refractivity contribution in [3.63, 3.8) is 0 Å². The maximum absolute atomic E-state index is 8.11. The molecule has 0 bridgehead atoms. The normalized spacial score (nSPS) is 17.0. The first kappa shape index (κ1) is 20.6. The molecule has 0 spiro atoms. The molecule has 10 heteroatoms. The van der Waals surface area contributed by atoms with Gasteiger partial charge in [-0.1, -0.05) is 23.2 Å². The van der Waals surface area contributed by atoms with Crippen LogP contribution in [-0.2, 0) is 4.74 Å². The number of H-pyrrole nitrogens is 1. The van der Waals surface area contributed by atoms with Gasteiger partial charge in [0.15, 0.2) is 17.4 Å². The molecule has 2 aromatic heterocycles. The zero-order valence-electron chi connectivity index (χ0n) is 16.2. The van der Waals surface area contributed by atoms with E-state index in [2.05, 4.69) is 29.8 Å². The second kappa shape index (κ2) is 9.40. The molecule has 8 nitrogen and oxygen atoms in total. The van der Waals surface area contributed by atoms with Gasteiger partial charge in [0.2, 0.25) is 0 Å². The smallest absolute Gasteiger partial charge is 0.185 e. The minimum absolute atomic E-state index is 0.128. The molecule has 0 aliphatic carbocycles. The molecule has 1 aromatic carbocycles. The number of imidazole rings is 1. The molecule has 1 saturated heterocycles. The first-order chi connectivity index (χ1) is 14.6. The average molecular weight is 446 g/mol. The standard InChI is InChI=1S/C20H21Cl2N7O/c21-13-4-5-16(15(22)9-13)24-7-6-17(23)30-10-14-3-1-2-8-29(14)20-18-19(26-11-25-18)27-12-28-20/h4-5,7,9,11-12,14,23H,1-3,6,8,10H2,(H,25,26,27,28). The van der Waals surface area contributed by atoms with Crippen LogP contribution in [0.25, 0.3) is 11.2 Å². The quantitative estimate of drug-likeness (QED) is 0.418. The molecule has 4 rings (SSSR count). The van der Waals surface area contributed by atoms with Crippen molar-refractivity contribution in [1.29, 1.82) is 5.41 Å². The Morgan fingerprint density at radius 3 is 3.07 bits per heavy atom. The number of anilines is 1. The number of aliphatic imine (C=N–C) groups is 1. The van der Waals surface area contributed by atoms with E-state index >= 15 is 0 Å². The first-order valence-corrected chi connectivity index (χ1v) is 10.5. The highest BCUT2D eigenvalue weighted by molar-refractivity contribution is 6.36. The first-order valence-electron chi connectivity index (χ1n) is 9.70. The van der Waals surface area contributed by atoms with Crippen molar-refractivity contribution in [2.75, 3.05) is 18.1 Å². The van der Waals surface area contributed by atoms with Crippen molar-refractivity contribution in [3.05, 3.63) is 40.9 Å². The van der Waals surface area contributed by atoms with Gasteiger partial charge in [-0.15, -0.1) is 0 Å². The van der Waals surface area contributed by atoms with Gasteiger partial charge in [-0.3, -0.25) is 10.4 Å². The predicted molar refractivity (Wildman–Crippen MR) is 120 cm³/mol. The molecular formula is C20H21Cl2N7O. The Bertz CT molecular complexity index is 1070. The van der Waals surface area contributed by atoms with Gasteiger partial charge < -0.3 is 14.6 Å². The highest BCUT2D eigenvalue weighted by Gasteiger charge is 2.26. The van der Waals surface area contributed by atoms with Gasteiger partial charge in [-0.2, -0.15) is 0 Å². The van der Waals surface area contributed by atoms with Crippen LogP contribution in [0.2, 0.25) is 10.0 Å². The summed E-state index contributed by atoms with van der Waals surface area (Å²) in [5, 5.41) is 9.14. The fraction of sp³-hybridized carbons (Fsp3) is 0.350. The van der Waals surface area contributed by atoms with Crippen LogP contribution in [0.4, 0.5) is 11.5 Å². The van der Waals surface area contributed by atoms with Crippen molar-refractivity contribution in [3.8, 4) is 0 Å². The van der Waals surface area contributed by atoms with Crippen LogP contribution in [-0.4, -0.2) is 51.2 Å². The summed E-state index contributed by atoms with van der Waals surface area (Å²) in [6.07, 6.45) is 8.24. The Balaban J connectivity index is 1.36. The van der Waals surface area contributed by atoms with Crippen LogP contribution < -0.4 is 4.90 Å². The minimum Gasteiger partial charge on any atom is -0.479 e. The fourth-order valence-corrected chi connectivity index (χ4v) is 3.95. The minimum atomic E-state index is 0.128. The highest BCUT2D eigenvalue weighted by atomic mass is 35.5. The third kappa shape index (κ3) is 4.71. The second-order valence-corrected chi connectivity index (χ2v) is 7.83. The summed E-state index contributed by atoms with van der Waals surface area (Å²) in [5.41, 5.74) is 2.08. The Hall–Kier alpha value is -2.71. The Labute approximate surface area is 183 Å². The van der Waals surface area contributed by atoms with Crippen molar-refractivity contribution >= 4 is 58.0 Å². The van der Waals surface area contributed by atoms with Gasteiger partial charge in [0.25, 0.3) is 0 Å². The zero-order chi connectivity index (χ0) is 20.9. The number of hydrogen-bond donors (Lipinski definition) is 2. The van der Waals surface area contributed by atoms with Crippen LogP contribution in [0.5, 0.6) is 0 Å². The molecule has 3 aromatic rings. The van der Waals surface area contributed by atoms with E-state index in [1.165, 1.54) is 6.33 Å². The lowest BCUT2D eigenvalue weighted by atomic mass is 10.0. The number of ether oxygens (including phenoxy) is 1. The molecule has 0 radical (unpaired) electrons. The van der Waals surface area contributed by atoms with E-state index < -0.39 is 0 Å². The predicted octanol–water partition coefficient (Wildman–Crippen LogP) is 4.81. The number of aromatic nitrogens is 4. The zero-order valence-corrected chi connectivity index (χ0v) is 17.7. The summed E-state index contributed by atoms with van der Waals surface area (Å²) < 4.78 is 5.74. The summed E-state index contributed by atoms with van der Waals surface area (Å²) in [6, 6.07) is 5.23. The van der Waals surface area contributed by atoms with Gasteiger partial charge in [-0.05, 0) is 37.5 Å². The third-order valence-corrected chi connectivity index (χ3v) is 5.51. The average Bonchev–Trinajstić information content (AvgIpc) is 3.23. The maximum Gasteiger partial charge on any atom is 0.185 e. The van der Waals surface area contributed by atoms with E-state index in [1.54, 1.807) is 30.7 Å². The molecule has 1 aliphatic rings. The molecule has 1 aliphatic heterocycles. The van der Waals surface area contributed by atoms with Gasteiger partial charge in [-0.25, -0.2) is 15.0 Å². The Morgan fingerprint density at radius 2 is 2.20 bits per heavy atom. The monoisotopic (exact) mass is 445 g/mol. The van der Waals surface area contributed by atoms with Crippen molar-refractivity contribution in [2.24, 2.45) is 4.99 Å². The number of hydrogen-bond acceptors (Lipinski definition) is 7. The van der Waals surface area contributed by atoms with Gasteiger partial charge in [0, 0.05) is 17.8 Å². The number of halogens is 2. The number of nitrogens with zero attached hydrogens (tertiary/aromatic N) is 5. The molecule has 1 fully saturated rings. The largest absolute Gasteiger partial charge is 0.479 e. The van der Waals surface area contributed by atoms with Crippen molar-refractivity contribution in [2.45, 2.75) is 31.7 Å². The number of fused-ring (bicyclic) bond motifs is 1. The Morgan fingerprint density at radius 1 is 1.30 bits per heavy atom. The molecule has 1 atom stereocenters. The molecule has 2 N–H and O–H groups in total. The third-order valence-electron chi connectivity index (χ3n) is 4.97. The Kier molecular flexibility index (Phi) is 6.44. The maximum atomic E-state index is 8.11. The number of nitrogens with one attached hydrogen (secondary N) is 2. The molecule has 156 valence electrons. The van der Waals surface area contributed by atoms with Gasteiger partial charge in [0.05, 0.1) is 29.5 Å². The van der Waals surface area contributed by atoms with E-state index in [0.717, 1.165) is 37.1 Å². The summed E-state index contributed by atoms with van der Waals surface area (Å²) in [5.74, 6) is 0.986. The lowest BCUT2D eigenvalue weighted by Crippen LogP contribution is -2.43. The molecule has 0 amide bonds. The molecule has 3 heterocycles. The van der Waals surface area contributed by atoms with Gasteiger partial charge >= 0.3 is 0 Å². The van der Waals surface area contributed by atoms with E-state index in [-0.39, 0.29) is 18.4 Å². The molecular weight excluding hydrogens is 425 g/mol. The number of aromatic amines is 1.